The van der Waals surface area contributed by atoms with Gasteiger partial charge in [0, 0.05) is 28.5 Å². The maximum Gasteiger partial charge on any atom is 0.191 e. The van der Waals surface area contributed by atoms with E-state index < -0.39 is 0 Å². The summed E-state index contributed by atoms with van der Waals surface area (Å²) in [6.45, 7) is -0.0798. The third-order valence-corrected chi connectivity index (χ3v) is 5.01. The molecule has 0 saturated carbocycles. The van der Waals surface area contributed by atoms with Gasteiger partial charge in [-0.2, -0.15) is 0 Å². The standard InChI is InChI=1S/C12H14ClN3OS2/c1-16-11(8-17)14-15-12(16)19-7-6-18-10-4-2-9(13)3-5-10/h2-5,17H,6-8H2,1H3. The van der Waals surface area contributed by atoms with Crippen LogP contribution in [0.15, 0.2) is 34.3 Å². The van der Waals surface area contributed by atoms with Gasteiger partial charge in [0.15, 0.2) is 11.0 Å². The van der Waals surface area contributed by atoms with Gasteiger partial charge in [-0.3, -0.25) is 0 Å². The fourth-order valence-corrected chi connectivity index (χ4v) is 3.37. The Bertz CT molecular complexity index is 530. The van der Waals surface area contributed by atoms with E-state index in [9.17, 15) is 0 Å². The molecule has 0 aliphatic rings. The molecular weight excluding hydrogens is 302 g/mol. The average Bonchev–Trinajstić information content (AvgIpc) is 2.77. The van der Waals surface area contributed by atoms with Crippen molar-refractivity contribution >= 4 is 35.1 Å². The minimum atomic E-state index is -0.0798. The van der Waals surface area contributed by atoms with Gasteiger partial charge < -0.3 is 9.67 Å². The molecule has 2 aromatic rings. The molecule has 4 nitrogen and oxygen atoms in total. The number of hydrogen-bond acceptors (Lipinski definition) is 5. The van der Waals surface area contributed by atoms with Gasteiger partial charge in [0.05, 0.1) is 0 Å². The molecule has 0 saturated heterocycles. The van der Waals surface area contributed by atoms with E-state index in [2.05, 4.69) is 10.2 Å². The number of aliphatic hydroxyl groups excluding tert-OH is 1. The Kier molecular flexibility index (Phi) is 5.57. The Morgan fingerprint density at radius 1 is 1.16 bits per heavy atom. The van der Waals surface area contributed by atoms with Crippen LogP contribution in [0.5, 0.6) is 0 Å². The highest BCUT2D eigenvalue weighted by atomic mass is 35.5. The second-order valence-electron chi connectivity index (χ2n) is 3.77. The summed E-state index contributed by atoms with van der Waals surface area (Å²) < 4.78 is 1.82. The number of halogens is 1. The van der Waals surface area contributed by atoms with E-state index in [4.69, 9.17) is 16.7 Å². The maximum absolute atomic E-state index is 9.03. The summed E-state index contributed by atoms with van der Waals surface area (Å²) in [7, 11) is 1.86. The van der Waals surface area contributed by atoms with Crippen molar-refractivity contribution in [1.29, 1.82) is 0 Å². The van der Waals surface area contributed by atoms with Crippen LogP contribution in [-0.4, -0.2) is 31.4 Å². The van der Waals surface area contributed by atoms with Gasteiger partial charge in [0.1, 0.15) is 6.61 Å². The Balaban J connectivity index is 1.77. The van der Waals surface area contributed by atoms with Crippen molar-refractivity contribution in [1.82, 2.24) is 14.8 Å². The number of aromatic nitrogens is 3. The number of aliphatic hydroxyl groups is 1. The quantitative estimate of drug-likeness (QED) is 0.656. The van der Waals surface area contributed by atoms with Gasteiger partial charge in [-0.25, -0.2) is 0 Å². The monoisotopic (exact) mass is 315 g/mol. The number of hydrogen-bond donors (Lipinski definition) is 1. The molecular formula is C12H14ClN3OS2. The molecule has 7 heteroatoms. The first kappa shape index (κ1) is 14.7. The van der Waals surface area contributed by atoms with Crippen molar-refractivity contribution in [2.24, 2.45) is 7.05 Å². The zero-order valence-electron chi connectivity index (χ0n) is 10.4. The van der Waals surface area contributed by atoms with Gasteiger partial charge >= 0.3 is 0 Å². The normalized spacial score (nSPS) is 10.9. The summed E-state index contributed by atoms with van der Waals surface area (Å²) in [5.74, 6) is 2.51. The van der Waals surface area contributed by atoms with E-state index >= 15 is 0 Å². The molecule has 2 rings (SSSR count). The topological polar surface area (TPSA) is 50.9 Å². The van der Waals surface area contributed by atoms with Crippen LogP contribution in [0.4, 0.5) is 0 Å². The first-order valence-corrected chi connectivity index (χ1v) is 8.06. The van der Waals surface area contributed by atoms with E-state index in [0.717, 1.165) is 21.7 Å². The maximum atomic E-state index is 9.03. The minimum absolute atomic E-state index is 0.0798. The summed E-state index contributed by atoms with van der Waals surface area (Å²) in [4.78, 5) is 1.21. The first-order valence-electron chi connectivity index (χ1n) is 5.71. The molecule has 0 radical (unpaired) electrons. The van der Waals surface area contributed by atoms with Crippen LogP contribution in [0.2, 0.25) is 5.02 Å². The van der Waals surface area contributed by atoms with Crippen LogP contribution in [0.3, 0.4) is 0 Å². The lowest BCUT2D eigenvalue weighted by molar-refractivity contribution is 0.266. The van der Waals surface area contributed by atoms with Gasteiger partial charge in [-0.05, 0) is 24.3 Å². The first-order chi connectivity index (χ1) is 9.20. The molecule has 0 fully saturated rings. The Morgan fingerprint density at radius 2 is 1.84 bits per heavy atom. The number of benzene rings is 1. The molecule has 102 valence electrons. The number of rotatable bonds is 6. The molecule has 19 heavy (non-hydrogen) atoms. The van der Waals surface area contributed by atoms with Crippen molar-refractivity contribution in [3.63, 3.8) is 0 Å². The van der Waals surface area contributed by atoms with Crippen LogP contribution < -0.4 is 0 Å². The van der Waals surface area contributed by atoms with Crippen molar-refractivity contribution in [2.75, 3.05) is 11.5 Å². The Hall–Kier alpha value is -0.690. The summed E-state index contributed by atoms with van der Waals surface area (Å²) in [6.07, 6.45) is 0. The SMILES string of the molecule is Cn1c(CO)nnc1SCCSc1ccc(Cl)cc1. The minimum Gasteiger partial charge on any atom is -0.388 e. The highest BCUT2D eigenvalue weighted by Gasteiger charge is 2.07. The number of thioether (sulfide) groups is 2. The summed E-state index contributed by atoms with van der Waals surface area (Å²) >= 11 is 9.25. The number of nitrogens with zero attached hydrogens (tertiary/aromatic N) is 3. The second-order valence-corrected chi connectivity index (χ2v) is 6.43. The molecule has 1 aromatic heterocycles. The molecule has 0 unspecified atom stereocenters. The predicted octanol–water partition coefficient (Wildman–Crippen LogP) is 2.85. The molecule has 1 aromatic carbocycles. The molecule has 0 spiro atoms. The van der Waals surface area contributed by atoms with Crippen molar-refractivity contribution in [3.8, 4) is 0 Å². The molecule has 1 heterocycles. The molecule has 0 bridgehead atoms. The fourth-order valence-electron chi connectivity index (χ4n) is 1.43. The van der Waals surface area contributed by atoms with E-state index in [1.165, 1.54) is 4.90 Å². The van der Waals surface area contributed by atoms with Crippen molar-refractivity contribution in [2.45, 2.75) is 16.7 Å². The third-order valence-electron chi connectivity index (χ3n) is 2.46. The van der Waals surface area contributed by atoms with Gasteiger partial charge in [0.25, 0.3) is 0 Å². The summed E-state index contributed by atoms with van der Waals surface area (Å²) in [5.41, 5.74) is 0. The zero-order chi connectivity index (χ0) is 13.7. The van der Waals surface area contributed by atoms with E-state index in [0.29, 0.717) is 5.82 Å². The summed E-state index contributed by atoms with van der Waals surface area (Å²) in [6, 6.07) is 7.83. The molecule has 0 aliphatic carbocycles. The van der Waals surface area contributed by atoms with E-state index in [1.807, 2.05) is 35.9 Å². The largest absolute Gasteiger partial charge is 0.388 e. The lowest BCUT2D eigenvalue weighted by Gasteiger charge is -2.03. The molecule has 0 amide bonds. The smallest absolute Gasteiger partial charge is 0.191 e. The van der Waals surface area contributed by atoms with Crippen molar-refractivity contribution < 1.29 is 5.11 Å². The van der Waals surface area contributed by atoms with Crippen molar-refractivity contribution in [3.05, 3.63) is 35.1 Å². The highest BCUT2D eigenvalue weighted by Crippen LogP contribution is 2.23. The third kappa shape index (κ3) is 4.14. The Morgan fingerprint density at radius 3 is 2.47 bits per heavy atom. The highest BCUT2D eigenvalue weighted by molar-refractivity contribution is 8.02. The molecule has 1 N–H and O–H groups in total. The van der Waals surface area contributed by atoms with Crippen LogP contribution >= 0.6 is 35.1 Å². The van der Waals surface area contributed by atoms with Crippen LogP contribution in [-0.2, 0) is 13.7 Å². The van der Waals surface area contributed by atoms with E-state index in [-0.39, 0.29) is 6.61 Å². The average molecular weight is 316 g/mol. The predicted molar refractivity (Wildman–Crippen MR) is 79.8 cm³/mol. The fraction of sp³-hybridized carbons (Fsp3) is 0.333. The van der Waals surface area contributed by atoms with E-state index in [1.54, 1.807) is 23.5 Å². The van der Waals surface area contributed by atoms with Gasteiger partial charge in [-0.1, -0.05) is 23.4 Å². The van der Waals surface area contributed by atoms with Crippen LogP contribution in [0.25, 0.3) is 0 Å². The second kappa shape index (κ2) is 7.19. The summed E-state index contributed by atoms with van der Waals surface area (Å²) in [5, 5.41) is 18.6. The zero-order valence-corrected chi connectivity index (χ0v) is 12.8. The van der Waals surface area contributed by atoms with Crippen LogP contribution in [0, 0.1) is 0 Å². The van der Waals surface area contributed by atoms with Gasteiger partial charge in [-0.15, -0.1) is 22.0 Å². The lowest BCUT2D eigenvalue weighted by atomic mass is 10.4. The van der Waals surface area contributed by atoms with Gasteiger partial charge in [0.2, 0.25) is 0 Å². The Labute approximate surface area is 125 Å². The van der Waals surface area contributed by atoms with Crippen LogP contribution in [0.1, 0.15) is 5.82 Å². The molecule has 0 aliphatic heterocycles. The lowest BCUT2D eigenvalue weighted by Crippen LogP contribution is -1.99. The molecule has 0 atom stereocenters.